The molecule has 2 N–H and O–H groups in total. The van der Waals surface area contributed by atoms with Crippen LogP contribution in [0, 0.1) is 5.92 Å². The summed E-state index contributed by atoms with van der Waals surface area (Å²) in [6, 6.07) is 11.0. The second kappa shape index (κ2) is 7.86. The normalized spacial score (nSPS) is 22.6. The molecule has 0 radical (unpaired) electrons. The van der Waals surface area contributed by atoms with E-state index in [1.54, 1.807) is 0 Å². The molecule has 1 fully saturated rings. The second-order valence-electron chi connectivity index (χ2n) is 5.68. The first kappa shape index (κ1) is 15.6. The summed E-state index contributed by atoms with van der Waals surface area (Å²) in [5, 5.41) is 6.98. The molecule has 1 saturated carbocycles. The van der Waals surface area contributed by atoms with E-state index < -0.39 is 0 Å². The Balaban J connectivity index is 0.00000147. The van der Waals surface area contributed by atoms with Crippen molar-refractivity contribution in [3.8, 4) is 0 Å². The maximum atomic E-state index is 4.60. The lowest BCUT2D eigenvalue weighted by molar-refractivity contribution is 0.300. The maximum Gasteiger partial charge on any atom is 0.191 e. The van der Waals surface area contributed by atoms with Gasteiger partial charge in [0.05, 0.1) is 12.6 Å². The zero-order valence-corrected chi connectivity index (χ0v) is 14.2. The van der Waals surface area contributed by atoms with Gasteiger partial charge < -0.3 is 10.6 Å². The third kappa shape index (κ3) is 4.11. The van der Waals surface area contributed by atoms with Gasteiger partial charge in [0.15, 0.2) is 5.96 Å². The predicted molar refractivity (Wildman–Crippen MR) is 94.5 cm³/mol. The van der Waals surface area contributed by atoms with E-state index in [4.69, 9.17) is 0 Å². The van der Waals surface area contributed by atoms with Crippen molar-refractivity contribution in [1.29, 1.82) is 0 Å². The number of halogens is 1. The molecule has 0 spiro atoms. The largest absolute Gasteiger partial charge is 0.352 e. The van der Waals surface area contributed by atoms with Crippen molar-refractivity contribution in [3.63, 3.8) is 0 Å². The van der Waals surface area contributed by atoms with E-state index in [9.17, 15) is 0 Å². The molecule has 1 aromatic rings. The number of nitrogens with one attached hydrogen (secondary N) is 2. The van der Waals surface area contributed by atoms with E-state index >= 15 is 0 Å². The highest BCUT2D eigenvalue weighted by atomic mass is 127. The van der Waals surface area contributed by atoms with Crippen LogP contribution in [-0.2, 0) is 6.54 Å². The van der Waals surface area contributed by atoms with Crippen molar-refractivity contribution < 1.29 is 0 Å². The lowest BCUT2D eigenvalue weighted by Crippen LogP contribution is -2.42. The lowest BCUT2D eigenvalue weighted by Gasteiger charge is -2.27. The number of benzene rings is 1. The highest BCUT2D eigenvalue weighted by Crippen LogP contribution is 2.27. The zero-order chi connectivity index (χ0) is 12.9. The second-order valence-corrected chi connectivity index (χ2v) is 5.68. The molecule has 0 bridgehead atoms. The summed E-state index contributed by atoms with van der Waals surface area (Å²) < 4.78 is 0. The van der Waals surface area contributed by atoms with Gasteiger partial charge in [-0.2, -0.15) is 0 Å². The van der Waals surface area contributed by atoms with Crippen molar-refractivity contribution >= 4 is 29.9 Å². The first-order chi connectivity index (χ1) is 9.42. The Labute approximate surface area is 138 Å². The van der Waals surface area contributed by atoms with Gasteiger partial charge in [0.1, 0.15) is 0 Å². The number of hydrogen-bond donors (Lipinski definition) is 2. The van der Waals surface area contributed by atoms with Crippen molar-refractivity contribution in [3.05, 3.63) is 35.9 Å². The third-order valence-electron chi connectivity index (χ3n) is 4.29. The van der Waals surface area contributed by atoms with E-state index in [1.807, 2.05) is 6.07 Å². The molecule has 3 nitrogen and oxygen atoms in total. The van der Waals surface area contributed by atoms with E-state index in [0.29, 0.717) is 6.04 Å². The lowest BCUT2D eigenvalue weighted by atomic mass is 9.84. The Morgan fingerprint density at radius 1 is 1.10 bits per heavy atom. The van der Waals surface area contributed by atoms with Crippen molar-refractivity contribution in [2.45, 2.75) is 44.7 Å². The molecule has 3 rings (SSSR count). The van der Waals surface area contributed by atoms with E-state index in [-0.39, 0.29) is 24.0 Å². The van der Waals surface area contributed by atoms with Gasteiger partial charge in [-0.15, -0.1) is 24.0 Å². The molecule has 110 valence electrons. The molecule has 1 aromatic carbocycles. The van der Waals surface area contributed by atoms with Crippen LogP contribution >= 0.6 is 24.0 Å². The van der Waals surface area contributed by atoms with Crippen LogP contribution in [0.15, 0.2) is 35.3 Å². The topological polar surface area (TPSA) is 36.4 Å². The summed E-state index contributed by atoms with van der Waals surface area (Å²) in [6.45, 7) is 1.80. The number of nitrogens with zero attached hydrogens (tertiary/aromatic N) is 1. The van der Waals surface area contributed by atoms with E-state index in [1.165, 1.54) is 37.7 Å². The average molecular weight is 385 g/mol. The number of hydrogen-bond acceptors (Lipinski definition) is 3. The van der Waals surface area contributed by atoms with Crippen molar-refractivity contribution in [1.82, 2.24) is 10.6 Å². The highest BCUT2D eigenvalue weighted by Gasteiger charge is 2.27. The van der Waals surface area contributed by atoms with Crippen molar-refractivity contribution in [2.24, 2.45) is 10.9 Å². The van der Waals surface area contributed by atoms with Gasteiger partial charge in [0.25, 0.3) is 0 Å². The monoisotopic (exact) mass is 385 g/mol. The third-order valence-corrected chi connectivity index (χ3v) is 4.29. The van der Waals surface area contributed by atoms with Crippen LogP contribution in [0.2, 0.25) is 0 Å². The molecular weight excluding hydrogens is 361 g/mol. The molecule has 1 atom stereocenters. The minimum absolute atomic E-state index is 0. The first-order valence-electron chi connectivity index (χ1n) is 7.50. The van der Waals surface area contributed by atoms with Gasteiger partial charge in [-0.05, 0) is 24.3 Å². The molecule has 2 aliphatic rings. The molecule has 0 amide bonds. The summed E-state index contributed by atoms with van der Waals surface area (Å²) in [5.74, 6) is 1.81. The number of rotatable bonds is 3. The highest BCUT2D eigenvalue weighted by molar-refractivity contribution is 14.0. The fourth-order valence-corrected chi connectivity index (χ4v) is 3.15. The van der Waals surface area contributed by atoms with Gasteiger partial charge in [-0.1, -0.05) is 49.6 Å². The average Bonchev–Trinajstić information content (AvgIpc) is 2.96. The number of guanidine groups is 1. The molecule has 0 aromatic heterocycles. The first-order valence-corrected chi connectivity index (χ1v) is 7.50. The molecule has 1 aliphatic carbocycles. The van der Waals surface area contributed by atoms with Crippen LogP contribution in [0.25, 0.3) is 0 Å². The summed E-state index contributed by atoms with van der Waals surface area (Å²) in [7, 11) is 0. The Hall–Kier alpha value is -0.780. The Kier molecular flexibility index (Phi) is 6.13. The van der Waals surface area contributed by atoms with Gasteiger partial charge in [0.2, 0.25) is 0 Å². The summed E-state index contributed by atoms with van der Waals surface area (Å²) in [4.78, 5) is 4.60. The molecule has 0 saturated heterocycles. The zero-order valence-electron chi connectivity index (χ0n) is 11.8. The summed E-state index contributed by atoms with van der Waals surface area (Å²) >= 11 is 0. The van der Waals surface area contributed by atoms with E-state index in [2.05, 4.69) is 39.9 Å². The molecule has 20 heavy (non-hydrogen) atoms. The molecule has 1 aliphatic heterocycles. The van der Waals surface area contributed by atoms with Crippen molar-refractivity contribution in [2.75, 3.05) is 6.54 Å². The van der Waals surface area contributed by atoms with Crippen LogP contribution in [0.3, 0.4) is 0 Å². The Morgan fingerprint density at radius 3 is 2.60 bits per heavy atom. The SMILES string of the molecule is I.c1ccc(CNC2=NCC(C3CCCCC3)N2)cc1. The molecule has 1 heterocycles. The van der Waals surface area contributed by atoms with Crippen LogP contribution in [0.1, 0.15) is 37.7 Å². The predicted octanol–water partition coefficient (Wildman–Crippen LogP) is 3.30. The molecular formula is C16H24IN3. The molecule has 4 heteroatoms. The fourth-order valence-electron chi connectivity index (χ4n) is 3.15. The van der Waals surface area contributed by atoms with Crippen LogP contribution in [0.4, 0.5) is 0 Å². The Morgan fingerprint density at radius 2 is 1.85 bits per heavy atom. The smallest absolute Gasteiger partial charge is 0.191 e. The molecule has 1 unspecified atom stereocenters. The minimum atomic E-state index is 0. The summed E-state index contributed by atoms with van der Waals surface area (Å²) in [6.07, 6.45) is 6.97. The Bertz CT molecular complexity index is 427. The summed E-state index contributed by atoms with van der Waals surface area (Å²) in [5.41, 5.74) is 1.30. The van der Waals surface area contributed by atoms with Crippen LogP contribution < -0.4 is 10.6 Å². The fraction of sp³-hybridized carbons (Fsp3) is 0.562. The van der Waals surface area contributed by atoms with Gasteiger partial charge in [-0.3, -0.25) is 4.99 Å². The minimum Gasteiger partial charge on any atom is -0.352 e. The maximum absolute atomic E-state index is 4.60. The van der Waals surface area contributed by atoms with Gasteiger partial charge in [-0.25, -0.2) is 0 Å². The van der Waals surface area contributed by atoms with Gasteiger partial charge >= 0.3 is 0 Å². The van der Waals surface area contributed by atoms with Crippen LogP contribution in [-0.4, -0.2) is 18.5 Å². The van der Waals surface area contributed by atoms with E-state index in [0.717, 1.165) is 25.0 Å². The number of aliphatic imine (C=N–C) groups is 1. The standard InChI is InChI=1S/C16H23N3.HI/c1-3-7-13(8-4-1)11-17-16-18-12-15(19-16)14-9-5-2-6-10-14;/h1,3-4,7-8,14-15H,2,5-6,9-12H2,(H2,17,18,19);1H. The van der Waals surface area contributed by atoms with Gasteiger partial charge in [0, 0.05) is 6.54 Å². The van der Waals surface area contributed by atoms with Crippen LogP contribution in [0.5, 0.6) is 0 Å². The quantitative estimate of drug-likeness (QED) is 0.784.